The molecule has 0 spiro atoms. The summed E-state index contributed by atoms with van der Waals surface area (Å²) >= 11 is 1.62. The Labute approximate surface area is 176 Å². The first kappa shape index (κ1) is 22.9. The summed E-state index contributed by atoms with van der Waals surface area (Å²) in [6, 6.07) is 3.52. The van der Waals surface area contributed by atoms with Crippen molar-refractivity contribution < 1.29 is 9.52 Å². The summed E-state index contributed by atoms with van der Waals surface area (Å²) in [6.45, 7) is 11.7. The van der Waals surface area contributed by atoms with Crippen LogP contribution < -0.4 is 10.6 Å². The average Bonchev–Trinajstić information content (AvgIpc) is 3.20. The molecule has 0 saturated heterocycles. The lowest BCUT2D eigenvalue weighted by molar-refractivity contribution is 0.0386. The van der Waals surface area contributed by atoms with Crippen LogP contribution in [0.4, 0.5) is 0 Å². The van der Waals surface area contributed by atoms with Gasteiger partial charge in [-0.2, -0.15) is 0 Å². The first-order chi connectivity index (χ1) is 11.7. The third kappa shape index (κ3) is 6.55. The van der Waals surface area contributed by atoms with Crippen LogP contribution in [0.15, 0.2) is 33.2 Å². The predicted octanol–water partition coefficient (Wildman–Crippen LogP) is 3.61. The maximum atomic E-state index is 10.5. The number of halogens is 1. The van der Waals surface area contributed by atoms with Gasteiger partial charge >= 0.3 is 0 Å². The third-order valence-electron chi connectivity index (χ3n) is 3.69. The van der Waals surface area contributed by atoms with Crippen molar-refractivity contribution in [3.05, 3.63) is 40.2 Å². The lowest BCUT2D eigenvalue weighted by Crippen LogP contribution is -2.44. The van der Waals surface area contributed by atoms with Crippen molar-refractivity contribution in [1.82, 2.24) is 15.6 Å². The minimum Gasteiger partial charge on any atom is -0.466 e. The van der Waals surface area contributed by atoms with Gasteiger partial charge in [0.1, 0.15) is 16.4 Å². The SMILES string of the molecule is CCNC(=NCc1nc(C(C)(C)C)cs1)NCC(C)(O)c1ccco1.I. The number of furan rings is 1. The fourth-order valence-electron chi connectivity index (χ4n) is 2.14. The standard InChI is InChI=1S/C18H28N4O2S.HI/c1-6-19-16(21-12-18(5,23)14-8-7-9-24-14)20-10-15-22-13(11-25-15)17(2,3)4;/h7-9,11,23H,6,10,12H2,1-5H3,(H2,19,20,21);1H. The van der Waals surface area contributed by atoms with Gasteiger partial charge in [-0.15, -0.1) is 35.3 Å². The largest absolute Gasteiger partial charge is 0.466 e. The molecule has 8 heteroatoms. The second-order valence-corrected chi connectivity index (χ2v) is 8.12. The van der Waals surface area contributed by atoms with Crippen molar-refractivity contribution in [2.75, 3.05) is 13.1 Å². The molecule has 2 heterocycles. The van der Waals surface area contributed by atoms with Crippen molar-refractivity contribution in [1.29, 1.82) is 0 Å². The Kier molecular flexibility index (Phi) is 8.55. The van der Waals surface area contributed by atoms with Crippen LogP contribution in [-0.2, 0) is 17.6 Å². The molecule has 146 valence electrons. The van der Waals surface area contributed by atoms with Gasteiger partial charge < -0.3 is 20.2 Å². The van der Waals surface area contributed by atoms with Crippen molar-refractivity contribution in [2.24, 2.45) is 4.99 Å². The molecule has 0 bridgehead atoms. The number of aliphatic hydroxyl groups is 1. The van der Waals surface area contributed by atoms with Crippen LogP contribution in [0.2, 0.25) is 0 Å². The van der Waals surface area contributed by atoms with Crippen LogP contribution in [0.25, 0.3) is 0 Å². The number of guanidine groups is 1. The molecule has 6 nitrogen and oxygen atoms in total. The van der Waals surface area contributed by atoms with Crippen molar-refractivity contribution in [3.63, 3.8) is 0 Å². The lowest BCUT2D eigenvalue weighted by atomic mass is 9.93. The molecular formula is C18H29IN4O2S. The monoisotopic (exact) mass is 492 g/mol. The predicted molar refractivity (Wildman–Crippen MR) is 117 cm³/mol. The molecule has 0 fully saturated rings. The van der Waals surface area contributed by atoms with Gasteiger partial charge in [0.2, 0.25) is 0 Å². The van der Waals surface area contributed by atoms with E-state index >= 15 is 0 Å². The second kappa shape index (κ2) is 9.70. The van der Waals surface area contributed by atoms with Gasteiger partial charge in [-0.05, 0) is 26.0 Å². The summed E-state index contributed by atoms with van der Waals surface area (Å²) < 4.78 is 5.30. The Morgan fingerprint density at radius 2 is 2.04 bits per heavy atom. The molecular weight excluding hydrogens is 463 g/mol. The molecule has 0 radical (unpaired) electrons. The molecule has 3 N–H and O–H groups in total. The Morgan fingerprint density at radius 1 is 1.31 bits per heavy atom. The van der Waals surface area contributed by atoms with Crippen LogP contribution in [0.3, 0.4) is 0 Å². The van der Waals surface area contributed by atoms with Gasteiger partial charge in [-0.25, -0.2) is 9.98 Å². The molecule has 1 unspecified atom stereocenters. The summed E-state index contributed by atoms with van der Waals surface area (Å²) in [6.07, 6.45) is 1.55. The van der Waals surface area contributed by atoms with E-state index in [1.54, 1.807) is 36.7 Å². The van der Waals surface area contributed by atoms with E-state index in [0.29, 0.717) is 18.3 Å². The van der Waals surface area contributed by atoms with E-state index in [2.05, 4.69) is 46.8 Å². The molecule has 1 atom stereocenters. The Balaban J connectivity index is 0.00000338. The summed E-state index contributed by atoms with van der Waals surface area (Å²) in [5, 5.41) is 19.9. The van der Waals surface area contributed by atoms with Crippen LogP contribution >= 0.6 is 35.3 Å². The van der Waals surface area contributed by atoms with E-state index in [0.717, 1.165) is 17.2 Å². The summed E-state index contributed by atoms with van der Waals surface area (Å²) in [7, 11) is 0. The molecule has 0 amide bonds. The summed E-state index contributed by atoms with van der Waals surface area (Å²) in [4.78, 5) is 9.22. The number of thiazole rings is 1. The van der Waals surface area contributed by atoms with E-state index in [1.165, 1.54) is 0 Å². The van der Waals surface area contributed by atoms with E-state index in [4.69, 9.17) is 4.42 Å². The van der Waals surface area contributed by atoms with Crippen LogP contribution in [-0.4, -0.2) is 29.1 Å². The zero-order valence-electron chi connectivity index (χ0n) is 16.0. The zero-order valence-corrected chi connectivity index (χ0v) is 19.1. The Bertz CT molecular complexity index is 690. The minimum absolute atomic E-state index is 0. The fourth-order valence-corrected chi connectivity index (χ4v) is 3.09. The molecule has 2 rings (SSSR count). The number of hydrogen-bond donors (Lipinski definition) is 3. The van der Waals surface area contributed by atoms with Gasteiger partial charge in [-0.1, -0.05) is 20.8 Å². The molecule has 0 aliphatic heterocycles. The maximum Gasteiger partial charge on any atom is 0.191 e. The van der Waals surface area contributed by atoms with Crippen LogP contribution in [0.1, 0.15) is 51.1 Å². The van der Waals surface area contributed by atoms with Crippen molar-refractivity contribution in [3.8, 4) is 0 Å². The average molecular weight is 492 g/mol. The first-order valence-electron chi connectivity index (χ1n) is 8.46. The highest BCUT2D eigenvalue weighted by atomic mass is 127. The molecule has 0 aliphatic carbocycles. The minimum atomic E-state index is -1.11. The highest BCUT2D eigenvalue weighted by Crippen LogP contribution is 2.24. The van der Waals surface area contributed by atoms with Gasteiger partial charge in [0, 0.05) is 17.3 Å². The van der Waals surface area contributed by atoms with E-state index in [-0.39, 0.29) is 35.9 Å². The normalized spacial score (nSPS) is 14.5. The number of hydrogen-bond acceptors (Lipinski definition) is 5. The smallest absolute Gasteiger partial charge is 0.191 e. The molecule has 0 aromatic carbocycles. The van der Waals surface area contributed by atoms with Gasteiger partial charge in [0.15, 0.2) is 5.96 Å². The Hall–Kier alpha value is -1.13. The van der Waals surface area contributed by atoms with Crippen molar-refractivity contribution >= 4 is 41.3 Å². The van der Waals surface area contributed by atoms with Gasteiger partial charge in [-0.3, -0.25) is 0 Å². The quantitative estimate of drug-likeness (QED) is 0.326. The number of aliphatic imine (C=N–C) groups is 1. The topological polar surface area (TPSA) is 82.7 Å². The molecule has 0 aliphatic rings. The van der Waals surface area contributed by atoms with E-state index in [9.17, 15) is 5.11 Å². The van der Waals surface area contributed by atoms with E-state index < -0.39 is 5.60 Å². The summed E-state index contributed by atoms with van der Waals surface area (Å²) in [5.74, 6) is 1.16. The second-order valence-electron chi connectivity index (χ2n) is 7.18. The molecule has 2 aromatic rings. The first-order valence-corrected chi connectivity index (χ1v) is 9.34. The highest BCUT2D eigenvalue weighted by molar-refractivity contribution is 14.0. The zero-order chi connectivity index (χ0) is 18.5. The van der Waals surface area contributed by atoms with Gasteiger partial charge in [0.25, 0.3) is 0 Å². The van der Waals surface area contributed by atoms with Gasteiger partial charge in [0.05, 0.1) is 25.0 Å². The van der Waals surface area contributed by atoms with Crippen LogP contribution in [0, 0.1) is 0 Å². The van der Waals surface area contributed by atoms with E-state index in [1.807, 2.05) is 6.92 Å². The molecule has 26 heavy (non-hydrogen) atoms. The summed E-state index contributed by atoms with van der Waals surface area (Å²) in [5.41, 5.74) is 0.0184. The van der Waals surface area contributed by atoms with Crippen LogP contribution in [0.5, 0.6) is 0 Å². The fraction of sp³-hybridized carbons (Fsp3) is 0.556. The Morgan fingerprint density at radius 3 is 2.58 bits per heavy atom. The van der Waals surface area contributed by atoms with Crippen molar-refractivity contribution in [2.45, 2.75) is 52.2 Å². The third-order valence-corrected chi connectivity index (χ3v) is 4.52. The lowest BCUT2D eigenvalue weighted by Gasteiger charge is -2.22. The number of aromatic nitrogens is 1. The number of nitrogens with zero attached hydrogens (tertiary/aromatic N) is 2. The number of nitrogens with one attached hydrogen (secondary N) is 2. The number of rotatable bonds is 6. The molecule has 2 aromatic heterocycles. The molecule has 0 saturated carbocycles. The maximum absolute atomic E-state index is 10.5. The highest BCUT2D eigenvalue weighted by Gasteiger charge is 2.26.